The zero-order valence-electron chi connectivity index (χ0n) is 20.5. The predicted molar refractivity (Wildman–Crippen MR) is 123 cm³/mol. The van der Waals surface area contributed by atoms with E-state index in [-0.39, 0.29) is 24.3 Å². The van der Waals surface area contributed by atoms with Crippen LogP contribution in [-0.2, 0) is 14.3 Å². The number of hydrogen-bond acceptors (Lipinski definition) is 8. The van der Waals surface area contributed by atoms with Crippen molar-refractivity contribution in [1.82, 2.24) is 24.5 Å². The molecule has 2 atom stereocenters. The fourth-order valence-electron chi connectivity index (χ4n) is 5.06. The molecule has 3 aliphatic heterocycles. The molecule has 0 spiro atoms. The van der Waals surface area contributed by atoms with Crippen LogP contribution < -0.4 is 0 Å². The van der Waals surface area contributed by atoms with E-state index in [4.69, 9.17) is 9.47 Å². The van der Waals surface area contributed by atoms with Crippen molar-refractivity contribution < 1.29 is 19.1 Å². The molecule has 32 heavy (non-hydrogen) atoms. The minimum atomic E-state index is -0.203. The normalized spacial score (nSPS) is 26.7. The fraction of sp³-hybridized carbons (Fsp3) is 0.913. The van der Waals surface area contributed by atoms with Crippen LogP contribution in [0.2, 0.25) is 0 Å². The van der Waals surface area contributed by atoms with Crippen molar-refractivity contribution in [3.63, 3.8) is 0 Å². The molecule has 0 N–H and O–H groups in total. The van der Waals surface area contributed by atoms with Gasteiger partial charge in [0.15, 0.2) is 6.23 Å². The average molecular weight is 454 g/mol. The second-order valence-corrected chi connectivity index (χ2v) is 9.62. The summed E-state index contributed by atoms with van der Waals surface area (Å²) < 4.78 is 10.5. The van der Waals surface area contributed by atoms with E-state index in [0.717, 1.165) is 84.7 Å². The number of methoxy groups -OCH3 is 1. The van der Waals surface area contributed by atoms with E-state index >= 15 is 0 Å². The molecule has 3 heterocycles. The molecular weight excluding hydrogens is 410 g/mol. The Morgan fingerprint density at radius 1 is 1.00 bits per heavy atom. The van der Waals surface area contributed by atoms with E-state index in [1.807, 2.05) is 7.05 Å². The number of rotatable bonds is 10. The van der Waals surface area contributed by atoms with Gasteiger partial charge in [0.05, 0.1) is 13.2 Å². The van der Waals surface area contributed by atoms with Crippen LogP contribution in [0.3, 0.4) is 0 Å². The van der Waals surface area contributed by atoms with Crippen LogP contribution in [0.5, 0.6) is 0 Å². The van der Waals surface area contributed by atoms with Crippen LogP contribution in [0.4, 0.5) is 4.79 Å². The third-order valence-corrected chi connectivity index (χ3v) is 7.30. The van der Waals surface area contributed by atoms with Crippen LogP contribution in [0, 0.1) is 0 Å². The van der Waals surface area contributed by atoms with Gasteiger partial charge in [0.25, 0.3) is 0 Å². The molecule has 0 saturated carbocycles. The molecule has 0 aromatic heterocycles. The van der Waals surface area contributed by atoms with Crippen LogP contribution in [0.15, 0.2) is 0 Å². The molecule has 0 aromatic rings. The summed E-state index contributed by atoms with van der Waals surface area (Å²) in [6, 6.07) is 0.742. The molecule has 9 nitrogen and oxygen atoms in total. The molecule has 0 bridgehead atoms. The highest BCUT2D eigenvalue weighted by Crippen LogP contribution is 2.26. The van der Waals surface area contributed by atoms with Crippen LogP contribution in [0.25, 0.3) is 0 Å². The molecule has 2 unspecified atom stereocenters. The SMILES string of the molecule is COC(=O)CCCN1CCN(C2OC(=O)N(C)C2CCCN2CCN(C(C)C)CC2)CC1. The van der Waals surface area contributed by atoms with Gasteiger partial charge in [0.2, 0.25) is 0 Å². The number of amides is 1. The minimum absolute atomic E-state index is 0.116. The van der Waals surface area contributed by atoms with Gasteiger partial charge in [0, 0.05) is 71.9 Å². The van der Waals surface area contributed by atoms with Gasteiger partial charge in [0.1, 0.15) is 0 Å². The Bertz CT molecular complexity index is 603. The van der Waals surface area contributed by atoms with Gasteiger partial charge in [-0.3, -0.25) is 14.6 Å². The lowest BCUT2D eigenvalue weighted by molar-refractivity contribution is -0.140. The Kier molecular flexibility index (Phi) is 9.58. The van der Waals surface area contributed by atoms with Crippen molar-refractivity contribution in [2.24, 2.45) is 0 Å². The topological polar surface area (TPSA) is 68.8 Å². The van der Waals surface area contributed by atoms with Gasteiger partial charge in [-0.25, -0.2) is 4.79 Å². The largest absolute Gasteiger partial charge is 0.469 e. The number of ether oxygens (including phenoxy) is 2. The van der Waals surface area contributed by atoms with Crippen LogP contribution in [0.1, 0.15) is 39.5 Å². The summed E-state index contributed by atoms with van der Waals surface area (Å²) in [5.41, 5.74) is 0. The number of piperazine rings is 2. The summed E-state index contributed by atoms with van der Waals surface area (Å²) in [5, 5.41) is 0. The molecule has 1 amide bonds. The molecule has 3 saturated heterocycles. The Hall–Kier alpha value is -1.42. The summed E-state index contributed by atoms with van der Waals surface area (Å²) in [4.78, 5) is 35.2. The van der Waals surface area contributed by atoms with Crippen molar-refractivity contribution in [3.05, 3.63) is 0 Å². The molecule has 9 heteroatoms. The average Bonchev–Trinajstić information content (AvgIpc) is 3.08. The highest BCUT2D eigenvalue weighted by molar-refractivity contribution is 5.70. The quantitative estimate of drug-likeness (QED) is 0.456. The first kappa shape index (κ1) is 25.2. The highest BCUT2D eigenvalue weighted by Gasteiger charge is 2.43. The number of likely N-dealkylation sites (N-methyl/N-ethyl adjacent to an activating group) is 1. The van der Waals surface area contributed by atoms with Crippen molar-refractivity contribution >= 4 is 12.1 Å². The monoisotopic (exact) mass is 453 g/mol. The molecule has 0 aromatic carbocycles. The highest BCUT2D eigenvalue weighted by atomic mass is 16.6. The van der Waals surface area contributed by atoms with Gasteiger partial charge in [-0.05, 0) is 46.2 Å². The molecular formula is C23H43N5O4. The van der Waals surface area contributed by atoms with Gasteiger partial charge in [-0.1, -0.05) is 0 Å². The maximum absolute atomic E-state index is 12.3. The molecule has 3 aliphatic rings. The van der Waals surface area contributed by atoms with Gasteiger partial charge in [-0.15, -0.1) is 0 Å². The van der Waals surface area contributed by atoms with E-state index < -0.39 is 0 Å². The Balaban J connectivity index is 1.40. The van der Waals surface area contributed by atoms with E-state index in [9.17, 15) is 9.59 Å². The van der Waals surface area contributed by atoms with Crippen molar-refractivity contribution in [2.45, 2.75) is 57.8 Å². The maximum Gasteiger partial charge on any atom is 0.411 e. The summed E-state index contributed by atoms with van der Waals surface area (Å²) in [6.45, 7) is 14.7. The third-order valence-electron chi connectivity index (χ3n) is 7.30. The number of nitrogens with zero attached hydrogens (tertiary/aromatic N) is 5. The standard InChI is InChI=1S/C23H43N5O4/c1-19(2)27-15-11-25(12-16-27)9-5-7-20-22(32-23(30)24(20)3)28-17-13-26(14-18-28)10-6-8-21(29)31-4/h19-20,22H,5-18H2,1-4H3. The lowest BCUT2D eigenvalue weighted by Gasteiger charge is -2.39. The van der Waals surface area contributed by atoms with Crippen molar-refractivity contribution in [2.75, 3.05) is 79.6 Å². The summed E-state index contributed by atoms with van der Waals surface area (Å²) >= 11 is 0. The number of carbonyl (C=O) groups is 2. The van der Waals surface area contributed by atoms with E-state index in [2.05, 4.69) is 33.4 Å². The van der Waals surface area contributed by atoms with Gasteiger partial charge < -0.3 is 24.2 Å². The number of hydrogen-bond donors (Lipinski definition) is 0. The van der Waals surface area contributed by atoms with Gasteiger partial charge >= 0.3 is 12.1 Å². The van der Waals surface area contributed by atoms with E-state index in [0.29, 0.717) is 12.5 Å². The van der Waals surface area contributed by atoms with Crippen LogP contribution >= 0.6 is 0 Å². The zero-order valence-corrected chi connectivity index (χ0v) is 20.5. The molecule has 184 valence electrons. The molecule has 0 aliphatic carbocycles. The first-order valence-corrected chi connectivity index (χ1v) is 12.3. The summed E-state index contributed by atoms with van der Waals surface area (Å²) in [7, 11) is 3.31. The van der Waals surface area contributed by atoms with E-state index in [1.165, 1.54) is 7.11 Å². The van der Waals surface area contributed by atoms with Gasteiger partial charge in [-0.2, -0.15) is 0 Å². The Labute approximate surface area is 193 Å². The first-order chi connectivity index (χ1) is 15.4. The predicted octanol–water partition coefficient (Wildman–Crippen LogP) is 1.14. The number of cyclic esters (lactones) is 1. The number of carbonyl (C=O) groups excluding carboxylic acids is 2. The lowest BCUT2D eigenvalue weighted by atomic mass is 10.1. The maximum atomic E-state index is 12.3. The lowest BCUT2D eigenvalue weighted by Crippen LogP contribution is -2.54. The first-order valence-electron chi connectivity index (χ1n) is 12.3. The van der Waals surface area contributed by atoms with E-state index in [1.54, 1.807) is 4.90 Å². The molecule has 3 fully saturated rings. The van der Waals surface area contributed by atoms with Crippen molar-refractivity contribution in [1.29, 1.82) is 0 Å². The zero-order chi connectivity index (χ0) is 23.1. The fourth-order valence-corrected chi connectivity index (χ4v) is 5.06. The molecule has 0 radical (unpaired) electrons. The summed E-state index contributed by atoms with van der Waals surface area (Å²) in [6.07, 6.45) is 2.99. The second-order valence-electron chi connectivity index (χ2n) is 9.62. The smallest absolute Gasteiger partial charge is 0.411 e. The Morgan fingerprint density at radius 3 is 2.19 bits per heavy atom. The number of esters is 1. The third kappa shape index (κ3) is 6.79. The minimum Gasteiger partial charge on any atom is -0.469 e. The van der Waals surface area contributed by atoms with Crippen LogP contribution in [-0.4, -0.2) is 134 Å². The molecule has 3 rings (SSSR count). The summed E-state index contributed by atoms with van der Waals surface area (Å²) in [5.74, 6) is -0.144. The Morgan fingerprint density at radius 2 is 1.59 bits per heavy atom. The van der Waals surface area contributed by atoms with Crippen molar-refractivity contribution in [3.8, 4) is 0 Å². The second kappa shape index (κ2) is 12.2.